The lowest BCUT2D eigenvalue weighted by Crippen LogP contribution is -2.71. The number of carbonyl (C=O) groups is 1. The molecule has 92 valence electrons. The van der Waals surface area contributed by atoms with Crippen molar-refractivity contribution in [2.24, 2.45) is 5.92 Å². The van der Waals surface area contributed by atoms with Gasteiger partial charge in [0.1, 0.15) is 5.54 Å². The molecule has 3 aliphatic heterocycles. The molecule has 4 nitrogen and oxygen atoms in total. The van der Waals surface area contributed by atoms with Crippen molar-refractivity contribution >= 4 is 5.78 Å². The Hall–Kier alpha value is -0.450. The molecule has 2 bridgehead atoms. The molecule has 0 aromatic carbocycles. The van der Waals surface area contributed by atoms with E-state index in [1.54, 1.807) is 7.11 Å². The fraction of sp³-hybridized carbons (Fsp3) is 0.917. The van der Waals surface area contributed by atoms with Crippen molar-refractivity contribution in [1.82, 2.24) is 4.90 Å². The lowest BCUT2D eigenvalue weighted by atomic mass is 9.70. The van der Waals surface area contributed by atoms with E-state index in [9.17, 15) is 9.90 Å². The quantitative estimate of drug-likeness (QED) is 0.757. The van der Waals surface area contributed by atoms with E-state index in [0.717, 1.165) is 25.8 Å². The zero-order valence-electron chi connectivity index (χ0n) is 10.1. The van der Waals surface area contributed by atoms with Gasteiger partial charge in [-0.25, -0.2) is 0 Å². The summed E-state index contributed by atoms with van der Waals surface area (Å²) in [5.74, 6) is 0.324. The summed E-state index contributed by atoms with van der Waals surface area (Å²) < 4.78 is 5.17. The van der Waals surface area contributed by atoms with E-state index in [1.807, 2.05) is 0 Å². The van der Waals surface area contributed by atoms with Crippen LogP contribution < -0.4 is 0 Å². The molecule has 0 radical (unpaired) electrons. The van der Waals surface area contributed by atoms with Crippen molar-refractivity contribution in [2.45, 2.75) is 37.8 Å². The summed E-state index contributed by atoms with van der Waals surface area (Å²) in [6.45, 7) is 3.26. The first kappa shape index (κ1) is 12.0. The number of ether oxygens (including phenoxy) is 1. The van der Waals surface area contributed by atoms with Crippen molar-refractivity contribution in [3.8, 4) is 0 Å². The fourth-order valence-electron chi connectivity index (χ4n) is 3.37. The van der Waals surface area contributed by atoms with Crippen molar-refractivity contribution < 1.29 is 14.6 Å². The van der Waals surface area contributed by atoms with Crippen molar-refractivity contribution in [2.75, 3.05) is 26.9 Å². The van der Waals surface area contributed by atoms with E-state index in [4.69, 9.17) is 4.74 Å². The molecule has 3 heterocycles. The highest BCUT2D eigenvalue weighted by Gasteiger charge is 2.55. The fourth-order valence-corrected chi connectivity index (χ4v) is 3.37. The van der Waals surface area contributed by atoms with E-state index < -0.39 is 5.54 Å². The average Bonchev–Trinajstić information content (AvgIpc) is 2.33. The van der Waals surface area contributed by atoms with Gasteiger partial charge in [0.2, 0.25) is 0 Å². The Bertz CT molecular complexity index is 281. The lowest BCUT2D eigenvalue weighted by Gasteiger charge is -2.55. The third kappa shape index (κ3) is 1.51. The number of methoxy groups -OCH3 is 1. The van der Waals surface area contributed by atoms with Gasteiger partial charge in [0.05, 0.1) is 13.2 Å². The Morgan fingerprint density at radius 1 is 1.62 bits per heavy atom. The van der Waals surface area contributed by atoms with Crippen LogP contribution in [-0.4, -0.2) is 54.2 Å². The predicted octanol–water partition coefficient (Wildman–Crippen LogP) is 0.437. The molecule has 16 heavy (non-hydrogen) atoms. The van der Waals surface area contributed by atoms with Crippen LogP contribution in [0.15, 0.2) is 0 Å². The van der Waals surface area contributed by atoms with Gasteiger partial charge in [-0.05, 0) is 19.3 Å². The van der Waals surface area contributed by atoms with Crippen molar-refractivity contribution in [3.05, 3.63) is 0 Å². The van der Waals surface area contributed by atoms with Crippen molar-refractivity contribution in [3.63, 3.8) is 0 Å². The summed E-state index contributed by atoms with van der Waals surface area (Å²) in [5, 5.41) is 9.64. The highest BCUT2D eigenvalue weighted by Crippen LogP contribution is 2.40. The third-order valence-corrected chi connectivity index (χ3v) is 4.21. The smallest absolute Gasteiger partial charge is 0.161 e. The van der Waals surface area contributed by atoms with Crippen LogP contribution in [0.3, 0.4) is 0 Å². The molecule has 4 heteroatoms. The van der Waals surface area contributed by atoms with E-state index >= 15 is 0 Å². The largest absolute Gasteiger partial charge is 0.394 e. The number of aliphatic hydroxyl groups is 1. The van der Waals surface area contributed by atoms with Crippen LogP contribution in [0.25, 0.3) is 0 Å². The topological polar surface area (TPSA) is 49.8 Å². The number of fused-ring (bicyclic) bond motifs is 3. The Balaban J connectivity index is 2.31. The molecule has 3 fully saturated rings. The van der Waals surface area contributed by atoms with Crippen LogP contribution in [0.1, 0.15) is 26.2 Å². The van der Waals surface area contributed by atoms with E-state index in [2.05, 4.69) is 11.8 Å². The summed E-state index contributed by atoms with van der Waals surface area (Å²) in [5.41, 5.74) is -0.753. The molecule has 3 saturated heterocycles. The first-order valence-electron chi connectivity index (χ1n) is 6.10. The van der Waals surface area contributed by atoms with Crippen LogP contribution in [0, 0.1) is 5.92 Å². The Morgan fingerprint density at radius 2 is 2.38 bits per heavy atom. The number of hydrogen-bond donors (Lipinski definition) is 1. The molecular formula is C12H21NO3. The third-order valence-electron chi connectivity index (χ3n) is 4.21. The van der Waals surface area contributed by atoms with Crippen LogP contribution in [0.2, 0.25) is 0 Å². The van der Waals surface area contributed by atoms with Gasteiger partial charge < -0.3 is 9.84 Å². The standard InChI is InChI=1S/C12H21NO3/c1-3-10-6-9-4-5-13(10)12(7-14,8-16-2)11(9)15/h9-10,14H,3-8H2,1-2H3/t9-,10-,12-/m1/s1. The summed E-state index contributed by atoms with van der Waals surface area (Å²) in [4.78, 5) is 14.5. The Morgan fingerprint density at radius 3 is 2.94 bits per heavy atom. The van der Waals surface area contributed by atoms with Crippen LogP contribution in [0.5, 0.6) is 0 Å². The molecule has 3 aliphatic rings. The van der Waals surface area contributed by atoms with Gasteiger partial charge in [-0.1, -0.05) is 6.92 Å². The molecule has 4 atom stereocenters. The molecule has 0 aliphatic carbocycles. The van der Waals surface area contributed by atoms with Crippen LogP contribution >= 0.6 is 0 Å². The minimum Gasteiger partial charge on any atom is -0.394 e. The van der Waals surface area contributed by atoms with E-state index in [-0.39, 0.29) is 18.3 Å². The first-order chi connectivity index (χ1) is 7.69. The van der Waals surface area contributed by atoms with Gasteiger partial charge in [-0.3, -0.25) is 9.69 Å². The van der Waals surface area contributed by atoms with Crippen LogP contribution in [-0.2, 0) is 9.53 Å². The molecule has 1 unspecified atom stereocenters. The van der Waals surface area contributed by atoms with Gasteiger partial charge in [-0.2, -0.15) is 0 Å². The minimum atomic E-state index is -0.753. The van der Waals surface area contributed by atoms with E-state index in [0.29, 0.717) is 12.6 Å². The summed E-state index contributed by atoms with van der Waals surface area (Å²) in [7, 11) is 1.59. The second kappa shape index (κ2) is 4.43. The van der Waals surface area contributed by atoms with Crippen LogP contribution in [0.4, 0.5) is 0 Å². The number of rotatable bonds is 4. The Kier molecular flexibility index (Phi) is 3.33. The molecule has 3 rings (SSSR count). The SMILES string of the molecule is CC[C@@H]1C[C@H]2CCN1[C@](CO)(COC)C2=O. The minimum absolute atomic E-state index is 0.118. The first-order valence-corrected chi connectivity index (χ1v) is 6.10. The van der Waals surface area contributed by atoms with E-state index in [1.165, 1.54) is 0 Å². The number of hydrogen-bond acceptors (Lipinski definition) is 4. The van der Waals surface area contributed by atoms with Gasteiger partial charge in [0, 0.05) is 25.6 Å². The summed E-state index contributed by atoms with van der Waals surface area (Å²) >= 11 is 0. The van der Waals surface area contributed by atoms with Gasteiger partial charge >= 0.3 is 0 Å². The highest BCUT2D eigenvalue weighted by molar-refractivity contribution is 5.92. The summed E-state index contributed by atoms with van der Waals surface area (Å²) in [6.07, 6.45) is 2.94. The number of nitrogens with zero attached hydrogens (tertiary/aromatic N) is 1. The van der Waals surface area contributed by atoms with Crippen molar-refractivity contribution in [1.29, 1.82) is 0 Å². The highest BCUT2D eigenvalue weighted by atomic mass is 16.5. The second-order valence-corrected chi connectivity index (χ2v) is 4.96. The maximum Gasteiger partial charge on any atom is 0.161 e. The number of carbonyl (C=O) groups excluding carboxylic acids is 1. The maximum atomic E-state index is 12.3. The van der Waals surface area contributed by atoms with Gasteiger partial charge in [-0.15, -0.1) is 0 Å². The monoisotopic (exact) mass is 227 g/mol. The average molecular weight is 227 g/mol. The molecule has 0 aromatic rings. The second-order valence-electron chi connectivity index (χ2n) is 4.96. The maximum absolute atomic E-state index is 12.3. The zero-order chi connectivity index (χ0) is 11.8. The molecular weight excluding hydrogens is 206 g/mol. The molecule has 0 spiro atoms. The number of aliphatic hydroxyl groups excluding tert-OH is 1. The van der Waals surface area contributed by atoms with Gasteiger partial charge in [0.25, 0.3) is 0 Å². The number of Topliss-reactive ketones (excluding diaryl/α,β-unsaturated/α-hetero) is 1. The Labute approximate surface area is 96.6 Å². The molecule has 0 saturated carbocycles. The zero-order valence-corrected chi connectivity index (χ0v) is 10.1. The van der Waals surface area contributed by atoms with Gasteiger partial charge in [0.15, 0.2) is 5.78 Å². The molecule has 0 aromatic heterocycles. The number of piperidine rings is 3. The molecule has 0 amide bonds. The summed E-state index contributed by atoms with van der Waals surface area (Å²) in [6, 6.07) is 0.429. The normalized spacial score (nSPS) is 42.7. The lowest BCUT2D eigenvalue weighted by molar-refractivity contribution is -0.166. The predicted molar refractivity (Wildman–Crippen MR) is 60.2 cm³/mol. The molecule has 1 N–H and O–H groups in total. The number of ketones is 1.